The zero-order valence-electron chi connectivity index (χ0n) is 14.3. The van der Waals surface area contributed by atoms with E-state index >= 15 is 0 Å². The van der Waals surface area contributed by atoms with Crippen LogP contribution in [-0.2, 0) is 4.79 Å². The number of nitriles is 1. The van der Waals surface area contributed by atoms with Crippen molar-refractivity contribution in [2.24, 2.45) is 0 Å². The fourth-order valence-corrected chi connectivity index (χ4v) is 3.02. The predicted molar refractivity (Wildman–Crippen MR) is 108 cm³/mol. The lowest BCUT2D eigenvalue weighted by molar-refractivity contribution is -0.117. The number of pyridine rings is 1. The molecule has 1 aromatic heterocycles. The maximum absolute atomic E-state index is 12.8. The average molecular weight is 418 g/mol. The van der Waals surface area contributed by atoms with E-state index in [0.29, 0.717) is 10.2 Å². The number of hydrogen-bond donors (Lipinski definition) is 1. The molecule has 0 saturated carbocycles. The van der Waals surface area contributed by atoms with Gasteiger partial charge in [0, 0.05) is 10.7 Å². The van der Waals surface area contributed by atoms with Crippen LogP contribution in [0.3, 0.4) is 0 Å². The van der Waals surface area contributed by atoms with Crippen LogP contribution in [0.15, 0.2) is 89.0 Å². The summed E-state index contributed by atoms with van der Waals surface area (Å²) in [6.07, 6.45) is 3.09. The second-order valence-corrected chi connectivity index (χ2v) is 6.62. The molecule has 132 valence electrons. The van der Waals surface area contributed by atoms with Crippen molar-refractivity contribution in [3.8, 4) is 6.07 Å². The highest BCUT2D eigenvalue weighted by Gasteiger charge is 2.19. The molecule has 1 N–H and O–H groups in total. The van der Waals surface area contributed by atoms with Crippen LogP contribution in [0.4, 0.5) is 0 Å². The van der Waals surface area contributed by atoms with E-state index in [4.69, 9.17) is 0 Å². The molecule has 1 amide bonds. The smallest absolute Gasteiger partial charge is 0.262 e. The number of carbonyl (C=O) groups excluding carboxylic acids is 1. The van der Waals surface area contributed by atoms with Gasteiger partial charge in [0.2, 0.25) is 0 Å². The Morgan fingerprint density at radius 2 is 1.59 bits per heavy atom. The normalized spacial score (nSPS) is 11.1. The highest BCUT2D eigenvalue weighted by atomic mass is 79.9. The first kappa shape index (κ1) is 18.6. The molecule has 0 spiro atoms. The number of aromatic nitrogens is 1. The van der Waals surface area contributed by atoms with Gasteiger partial charge in [0.25, 0.3) is 5.91 Å². The van der Waals surface area contributed by atoms with E-state index in [1.54, 1.807) is 12.3 Å². The molecule has 3 rings (SSSR count). The Hall–Kier alpha value is -3.23. The minimum atomic E-state index is -0.451. The van der Waals surface area contributed by atoms with Gasteiger partial charge < -0.3 is 5.32 Å². The van der Waals surface area contributed by atoms with E-state index < -0.39 is 5.91 Å². The predicted octanol–water partition coefficient (Wildman–Crippen LogP) is 4.66. The molecule has 2 aromatic carbocycles. The molecule has 1 heterocycles. The third kappa shape index (κ3) is 4.69. The van der Waals surface area contributed by atoms with Crippen molar-refractivity contribution in [3.63, 3.8) is 0 Å². The van der Waals surface area contributed by atoms with Gasteiger partial charge in [0.05, 0.1) is 11.7 Å². The summed E-state index contributed by atoms with van der Waals surface area (Å²) in [5, 5.41) is 12.4. The van der Waals surface area contributed by atoms with Crippen LogP contribution in [0, 0.1) is 11.3 Å². The van der Waals surface area contributed by atoms with E-state index in [1.807, 2.05) is 72.8 Å². The average Bonchev–Trinajstić information content (AvgIpc) is 2.72. The first-order valence-electron chi connectivity index (χ1n) is 8.32. The number of amides is 1. The molecular formula is C22H16BrN3O. The Balaban J connectivity index is 1.92. The Morgan fingerprint density at radius 1 is 1.00 bits per heavy atom. The molecule has 0 saturated heterocycles. The van der Waals surface area contributed by atoms with Crippen molar-refractivity contribution < 1.29 is 4.79 Å². The molecular weight excluding hydrogens is 402 g/mol. The van der Waals surface area contributed by atoms with Crippen LogP contribution in [0.25, 0.3) is 6.08 Å². The summed E-state index contributed by atoms with van der Waals surface area (Å²) < 4.78 is 0.716. The zero-order valence-corrected chi connectivity index (χ0v) is 15.9. The summed E-state index contributed by atoms with van der Waals surface area (Å²) in [4.78, 5) is 17.0. The largest absolute Gasteiger partial charge is 0.340 e. The first-order valence-corrected chi connectivity index (χ1v) is 9.11. The van der Waals surface area contributed by atoms with Gasteiger partial charge >= 0.3 is 0 Å². The molecule has 0 aliphatic carbocycles. The monoisotopic (exact) mass is 417 g/mol. The van der Waals surface area contributed by atoms with Gasteiger partial charge in [0.1, 0.15) is 11.6 Å². The van der Waals surface area contributed by atoms with Crippen molar-refractivity contribution in [1.82, 2.24) is 10.3 Å². The van der Waals surface area contributed by atoms with Gasteiger partial charge in [-0.25, -0.2) is 0 Å². The summed E-state index contributed by atoms with van der Waals surface area (Å²) >= 11 is 3.38. The molecule has 4 nitrogen and oxygen atoms in total. The minimum Gasteiger partial charge on any atom is -0.340 e. The molecule has 27 heavy (non-hydrogen) atoms. The van der Waals surface area contributed by atoms with Crippen molar-refractivity contribution in [3.05, 3.63) is 106 Å². The fourth-order valence-electron chi connectivity index (χ4n) is 2.65. The lowest BCUT2D eigenvalue weighted by atomic mass is 9.98. The van der Waals surface area contributed by atoms with Gasteiger partial charge in [-0.3, -0.25) is 9.78 Å². The SMILES string of the molecule is N#CC(=Cc1ncccc1Br)C(=O)NC(c1ccccc1)c1ccccc1. The summed E-state index contributed by atoms with van der Waals surface area (Å²) in [6, 6.07) is 24.5. The summed E-state index contributed by atoms with van der Waals surface area (Å²) in [5.74, 6) is -0.451. The van der Waals surface area contributed by atoms with Crippen LogP contribution < -0.4 is 5.32 Å². The molecule has 0 aliphatic rings. The van der Waals surface area contributed by atoms with Crippen LogP contribution in [0.5, 0.6) is 0 Å². The van der Waals surface area contributed by atoms with E-state index in [2.05, 4.69) is 26.2 Å². The molecule has 3 aromatic rings. The fraction of sp³-hybridized carbons (Fsp3) is 0.0455. The number of nitrogens with zero attached hydrogens (tertiary/aromatic N) is 2. The number of hydrogen-bond acceptors (Lipinski definition) is 3. The van der Waals surface area contributed by atoms with Crippen molar-refractivity contribution >= 4 is 27.9 Å². The lowest BCUT2D eigenvalue weighted by Gasteiger charge is -2.19. The third-order valence-electron chi connectivity index (χ3n) is 3.97. The second kappa shape index (κ2) is 8.93. The number of nitrogens with one attached hydrogen (secondary N) is 1. The Kier molecular flexibility index (Phi) is 6.14. The highest BCUT2D eigenvalue weighted by Crippen LogP contribution is 2.23. The Labute approximate surface area is 166 Å². The molecule has 0 radical (unpaired) electrons. The molecule has 0 unspecified atom stereocenters. The van der Waals surface area contributed by atoms with Gasteiger partial charge in [-0.2, -0.15) is 5.26 Å². The van der Waals surface area contributed by atoms with Gasteiger partial charge in [-0.15, -0.1) is 0 Å². The van der Waals surface area contributed by atoms with Crippen molar-refractivity contribution in [1.29, 1.82) is 5.26 Å². The summed E-state index contributed by atoms with van der Waals surface area (Å²) in [7, 11) is 0. The van der Waals surface area contributed by atoms with Crippen molar-refractivity contribution in [2.45, 2.75) is 6.04 Å². The first-order chi connectivity index (χ1) is 13.2. The highest BCUT2D eigenvalue weighted by molar-refractivity contribution is 9.10. The third-order valence-corrected chi connectivity index (χ3v) is 4.64. The lowest BCUT2D eigenvalue weighted by Crippen LogP contribution is -2.30. The molecule has 0 atom stereocenters. The van der Waals surface area contributed by atoms with Crippen LogP contribution in [0.1, 0.15) is 22.9 Å². The van der Waals surface area contributed by atoms with E-state index in [1.165, 1.54) is 6.08 Å². The summed E-state index contributed by atoms with van der Waals surface area (Å²) in [6.45, 7) is 0. The minimum absolute atomic E-state index is 0.00809. The second-order valence-electron chi connectivity index (χ2n) is 5.77. The number of benzene rings is 2. The molecule has 0 bridgehead atoms. The number of halogens is 1. The Morgan fingerprint density at radius 3 is 2.11 bits per heavy atom. The quantitative estimate of drug-likeness (QED) is 0.484. The zero-order chi connectivity index (χ0) is 19.1. The van der Waals surface area contributed by atoms with Gasteiger partial charge in [0.15, 0.2) is 0 Å². The van der Waals surface area contributed by atoms with Crippen LogP contribution in [0.2, 0.25) is 0 Å². The van der Waals surface area contributed by atoms with Crippen LogP contribution in [-0.4, -0.2) is 10.9 Å². The van der Waals surface area contributed by atoms with E-state index in [-0.39, 0.29) is 11.6 Å². The molecule has 0 fully saturated rings. The summed E-state index contributed by atoms with van der Waals surface area (Å²) in [5.41, 5.74) is 2.40. The topological polar surface area (TPSA) is 65.8 Å². The van der Waals surface area contributed by atoms with E-state index in [0.717, 1.165) is 11.1 Å². The molecule has 5 heteroatoms. The van der Waals surface area contributed by atoms with E-state index in [9.17, 15) is 10.1 Å². The molecule has 0 aliphatic heterocycles. The van der Waals surface area contributed by atoms with Crippen molar-refractivity contribution in [2.75, 3.05) is 0 Å². The van der Waals surface area contributed by atoms with Gasteiger partial charge in [-0.1, -0.05) is 60.7 Å². The number of rotatable bonds is 5. The maximum Gasteiger partial charge on any atom is 0.262 e. The Bertz CT molecular complexity index is 955. The van der Waals surface area contributed by atoms with Gasteiger partial charge in [-0.05, 0) is 45.3 Å². The maximum atomic E-state index is 12.8. The number of carbonyl (C=O) groups is 1. The van der Waals surface area contributed by atoms with Crippen LogP contribution >= 0.6 is 15.9 Å². The standard InChI is InChI=1S/C22H16BrN3O/c23-19-12-7-13-25-20(19)14-18(15-24)22(27)26-21(16-8-3-1-4-9-16)17-10-5-2-6-11-17/h1-14,21H,(H,26,27).